The first-order chi connectivity index (χ1) is 7.75. The van der Waals surface area contributed by atoms with Crippen molar-refractivity contribution in [3.8, 4) is 0 Å². The molecule has 88 valence electrons. The van der Waals surface area contributed by atoms with Gasteiger partial charge < -0.3 is 10.4 Å². The SMILES string of the molecule is O=C(O)CNCc1ccn(C2CCCC2)n1. The number of rotatable bonds is 5. The van der Waals surface area contributed by atoms with Crippen molar-refractivity contribution in [2.75, 3.05) is 6.54 Å². The molecule has 2 rings (SSSR count). The quantitative estimate of drug-likeness (QED) is 0.786. The normalized spacial score (nSPS) is 16.8. The van der Waals surface area contributed by atoms with Crippen LogP contribution in [0, 0.1) is 0 Å². The van der Waals surface area contributed by atoms with Crippen molar-refractivity contribution >= 4 is 5.97 Å². The topological polar surface area (TPSA) is 67.2 Å². The van der Waals surface area contributed by atoms with Gasteiger partial charge in [-0.1, -0.05) is 12.8 Å². The van der Waals surface area contributed by atoms with E-state index in [4.69, 9.17) is 5.11 Å². The van der Waals surface area contributed by atoms with Gasteiger partial charge >= 0.3 is 5.97 Å². The van der Waals surface area contributed by atoms with E-state index >= 15 is 0 Å². The van der Waals surface area contributed by atoms with Gasteiger partial charge in [-0.2, -0.15) is 5.10 Å². The maximum atomic E-state index is 10.3. The predicted octanol–water partition coefficient (Wildman–Crippen LogP) is 1.17. The van der Waals surface area contributed by atoms with Crippen LogP contribution in [0.5, 0.6) is 0 Å². The van der Waals surface area contributed by atoms with E-state index < -0.39 is 5.97 Å². The molecule has 1 aliphatic rings. The monoisotopic (exact) mass is 223 g/mol. The van der Waals surface area contributed by atoms with Crippen molar-refractivity contribution in [1.29, 1.82) is 0 Å². The Kier molecular flexibility index (Phi) is 3.56. The second-order valence-corrected chi connectivity index (χ2v) is 4.22. The fourth-order valence-electron chi connectivity index (χ4n) is 2.14. The highest BCUT2D eigenvalue weighted by Crippen LogP contribution is 2.28. The van der Waals surface area contributed by atoms with Crippen LogP contribution in [0.25, 0.3) is 0 Å². The van der Waals surface area contributed by atoms with Crippen LogP contribution in [0.4, 0.5) is 0 Å². The van der Waals surface area contributed by atoms with Gasteiger partial charge in [0.2, 0.25) is 0 Å². The number of carboxylic acids is 1. The van der Waals surface area contributed by atoms with E-state index in [-0.39, 0.29) is 6.54 Å². The Morgan fingerprint density at radius 1 is 1.56 bits per heavy atom. The molecule has 0 spiro atoms. The molecule has 2 N–H and O–H groups in total. The van der Waals surface area contributed by atoms with Gasteiger partial charge in [0.05, 0.1) is 18.3 Å². The lowest BCUT2D eigenvalue weighted by Crippen LogP contribution is -2.22. The van der Waals surface area contributed by atoms with Crippen LogP contribution in [0.2, 0.25) is 0 Å². The van der Waals surface area contributed by atoms with Crippen LogP contribution in [0.3, 0.4) is 0 Å². The molecule has 5 nitrogen and oxygen atoms in total. The van der Waals surface area contributed by atoms with Crippen molar-refractivity contribution in [2.45, 2.75) is 38.3 Å². The van der Waals surface area contributed by atoms with E-state index in [1.54, 1.807) is 0 Å². The van der Waals surface area contributed by atoms with Crippen LogP contribution >= 0.6 is 0 Å². The number of hydrogen-bond donors (Lipinski definition) is 2. The smallest absolute Gasteiger partial charge is 0.317 e. The van der Waals surface area contributed by atoms with Crippen LogP contribution in [0.15, 0.2) is 12.3 Å². The largest absolute Gasteiger partial charge is 0.480 e. The van der Waals surface area contributed by atoms with Crippen molar-refractivity contribution < 1.29 is 9.90 Å². The molecule has 5 heteroatoms. The number of hydrogen-bond acceptors (Lipinski definition) is 3. The highest BCUT2D eigenvalue weighted by Gasteiger charge is 2.17. The molecule has 0 unspecified atom stereocenters. The lowest BCUT2D eigenvalue weighted by Gasteiger charge is -2.08. The van der Waals surface area contributed by atoms with Gasteiger partial charge in [0, 0.05) is 12.7 Å². The summed E-state index contributed by atoms with van der Waals surface area (Å²) in [6, 6.07) is 2.50. The van der Waals surface area contributed by atoms with Crippen LogP contribution < -0.4 is 5.32 Å². The molecule has 1 heterocycles. The molecule has 0 saturated heterocycles. The van der Waals surface area contributed by atoms with Gasteiger partial charge in [-0.15, -0.1) is 0 Å². The Hall–Kier alpha value is -1.36. The van der Waals surface area contributed by atoms with Gasteiger partial charge in [-0.05, 0) is 18.9 Å². The van der Waals surface area contributed by atoms with E-state index in [0.717, 1.165) is 5.69 Å². The maximum absolute atomic E-state index is 10.3. The van der Waals surface area contributed by atoms with Crippen molar-refractivity contribution in [2.24, 2.45) is 0 Å². The van der Waals surface area contributed by atoms with Gasteiger partial charge in [-0.25, -0.2) is 0 Å². The van der Waals surface area contributed by atoms with Crippen molar-refractivity contribution in [1.82, 2.24) is 15.1 Å². The molecule has 16 heavy (non-hydrogen) atoms. The van der Waals surface area contributed by atoms with Gasteiger partial charge in [0.15, 0.2) is 0 Å². The number of nitrogens with one attached hydrogen (secondary N) is 1. The molecule has 0 radical (unpaired) electrons. The third kappa shape index (κ3) is 2.82. The standard InChI is InChI=1S/C11H17N3O2/c15-11(16)8-12-7-9-5-6-14(13-9)10-3-1-2-4-10/h5-6,10,12H,1-4,7-8H2,(H,15,16). The molecule has 1 aromatic heterocycles. The maximum Gasteiger partial charge on any atom is 0.317 e. The fourth-order valence-corrected chi connectivity index (χ4v) is 2.14. The second kappa shape index (κ2) is 5.12. The lowest BCUT2D eigenvalue weighted by molar-refractivity contribution is -0.135. The van der Waals surface area contributed by atoms with Crippen molar-refractivity contribution in [3.05, 3.63) is 18.0 Å². The Bertz CT molecular complexity index is 356. The summed E-state index contributed by atoms with van der Waals surface area (Å²) in [6.07, 6.45) is 7.00. The van der Waals surface area contributed by atoms with Crippen LogP contribution in [0.1, 0.15) is 37.4 Å². The van der Waals surface area contributed by atoms with Crippen LogP contribution in [-0.4, -0.2) is 27.4 Å². The van der Waals surface area contributed by atoms with E-state index in [2.05, 4.69) is 10.4 Å². The van der Waals surface area contributed by atoms with E-state index in [1.807, 2.05) is 16.9 Å². The molecular weight excluding hydrogens is 206 g/mol. The first-order valence-electron chi connectivity index (χ1n) is 5.72. The van der Waals surface area contributed by atoms with E-state index in [9.17, 15) is 4.79 Å². The number of carboxylic acid groups (broad SMARTS) is 1. The minimum atomic E-state index is -0.838. The third-order valence-electron chi connectivity index (χ3n) is 2.94. The molecule has 0 amide bonds. The number of aromatic nitrogens is 2. The Morgan fingerprint density at radius 3 is 3.00 bits per heavy atom. The molecule has 1 aromatic rings. The van der Waals surface area contributed by atoms with Gasteiger partial charge in [-0.3, -0.25) is 9.48 Å². The summed E-state index contributed by atoms with van der Waals surface area (Å²) >= 11 is 0. The molecule has 1 saturated carbocycles. The molecule has 0 aliphatic heterocycles. The summed E-state index contributed by atoms with van der Waals surface area (Å²) in [5, 5.41) is 15.8. The number of nitrogens with zero attached hydrogens (tertiary/aromatic N) is 2. The minimum absolute atomic E-state index is 0.0176. The molecular formula is C11H17N3O2. The molecule has 1 fully saturated rings. The second-order valence-electron chi connectivity index (χ2n) is 4.22. The van der Waals surface area contributed by atoms with Gasteiger partial charge in [0.1, 0.15) is 0 Å². The Morgan fingerprint density at radius 2 is 2.31 bits per heavy atom. The zero-order valence-corrected chi connectivity index (χ0v) is 9.22. The molecule has 0 atom stereocenters. The first-order valence-corrected chi connectivity index (χ1v) is 5.72. The summed E-state index contributed by atoms with van der Waals surface area (Å²) in [4.78, 5) is 10.3. The highest BCUT2D eigenvalue weighted by atomic mass is 16.4. The first kappa shape index (κ1) is 11.1. The fraction of sp³-hybridized carbons (Fsp3) is 0.636. The van der Waals surface area contributed by atoms with Crippen molar-refractivity contribution in [3.63, 3.8) is 0 Å². The third-order valence-corrected chi connectivity index (χ3v) is 2.94. The summed E-state index contributed by atoms with van der Waals surface area (Å²) in [5.74, 6) is -0.838. The number of aliphatic carboxylic acids is 1. The highest BCUT2D eigenvalue weighted by molar-refractivity contribution is 5.68. The zero-order valence-electron chi connectivity index (χ0n) is 9.22. The Balaban J connectivity index is 1.84. The predicted molar refractivity (Wildman–Crippen MR) is 59.1 cm³/mol. The average Bonchev–Trinajstić information content (AvgIpc) is 2.85. The van der Waals surface area contributed by atoms with E-state index in [1.165, 1.54) is 25.7 Å². The minimum Gasteiger partial charge on any atom is -0.480 e. The molecule has 1 aliphatic carbocycles. The van der Waals surface area contributed by atoms with Gasteiger partial charge in [0.25, 0.3) is 0 Å². The van der Waals surface area contributed by atoms with E-state index in [0.29, 0.717) is 12.6 Å². The lowest BCUT2D eigenvalue weighted by atomic mass is 10.3. The molecule has 0 bridgehead atoms. The summed E-state index contributed by atoms with van der Waals surface area (Å²) in [5.41, 5.74) is 0.910. The zero-order chi connectivity index (χ0) is 11.4. The molecule has 0 aromatic carbocycles. The van der Waals surface area contributed by atoms with Crippen LogP contribution in [-0.2, 0) is 11.3 Å². The summed E-state index contributed by atoms with van der Waals surface area (Å²) in [7, 11) is 0. The summed E-state index contributed by atoms with van der Waals surface area (Å²) in [6.45, 7) is 0.502. The Labute approximate surface area is 94.5 Å². The number of carbonyl (C=O) groups is 1. The average molecular weight is 223 g/mol. The summed E-state index contributed by atoms with van der Waals surface area (Å²) < 4.78 is 2.02.